The number of aryl methyl sites for hydroxylation is 1. The molecule has 0 aliphatic carbocycles. The predicted molar refractivity (Wildman–Crippen MR) is 88.5 cm³/mol. The Morgan fingerprint density at radius 3 is 2.71 bits per heavy atom. The van der Waals surface area contributed by atoms with E-state index in [-0.39, 0.29) is 12.4 Å². The molecule has 0 fully saturated rings. The van der Waals surface area contributed by atoms with Gasteiger partial charge < -0.3 is 5.73 Å². The molecule has 21 heavy (non-hydrogen) atoms. The third-order valence-electron chi connectivity index (χ3n) is 3.08. The molecule has 3 heteroatoms. The van der Waals surface area contributed by atoms with Crippen molar-refractivity contribution in [2.45, 2.75) is 18.4 Å². The van der Waals surface area contributed by atoms with E-state index in [1.807, 2.05) is 18.2 Å². The minimum atomic E-state index is -0.245. The second-order valence-corrected chi connectivity index (χ2v) is 5.76. The molecule has 0 saturated heterocycles. The van der Waals surface area contributed by atoms with E-state index in [0.29, 0.717) is 5.56 Å². The Morgan fingerprint density at radius 1 is 1.14 bits per heavy atom. The monoisotopic (exact) mass is 299 g/mol. The fourth-order valence-electron chi connectivity index (χ4n) is 2.01. The van der Waals surface area contributed by atoms with Crippen LogP contribution in [0.3, 0.4) is 0 Å². The van der Waals surface area contributed by atoms with Crippen LogP contribution in [0, 0.1) is 24.6 Å². The Labute approximate surface area is 129 Å². The lowest BCUT2D eigenvalue weighted by molar-refractivity contribution is 0.626. The van der Waals surface area contributed by atoms with Crippen LogP contribution in [0.5, 0.6) is 0 Å². The fraction of sp³-hybridized carbons (Fsp3) is 0.222. The molecule has 2 rings (SSSR count). The number of thioether (sulfide) groups is 1. The largest absolute Gasteiger partial charge is 0.320 e. The summed E-state index contributed by atoms with van der Waals surface area (Å²) in [6.07, 6.45) is 0. The summed E-state index contributed by atoms with van der Waals surface area (Å²) < 4.78 is 13.6. The minimum Gasteiger partial charge on any atom is -0.320 e. The molecule has 108 valence electrons. The van der Waals surface area contributed by atoms with Crippen LogP contribution in [0.1, 0.15) is 22.3 Å². The van der Waals surface area contributed by atoms with Gasteiger partial charge in [0.25, 0.3) is 0 Å². The maximum atomic E-state index is 13.6. The zero-order valence-corrected chi connectivity index (χ0v) is 12.8. The van der Waals surface area contributed by atoms with Crippen LogP contribution in [0.25, 0.3) is 0 Å². The first-order valence-electron chi connectivity index (χ1n) is 6.79. The summed E-state index contributed by atoms with van der Waals surface area (Å²) in [4.78, 5) is 0. The molecular formula is C18H18FNS. The predicted octanol–water partition coefficient (Wildman–Crippen LogP) is 3.88. The van der Waals surface area contributed by atoms with Gasteiger partial charge in [0.05, 0.1) is 6.54 Å². The van der Waals surface area contributed by atoms with Gasteiger partial charge in [0.1, 0.15) is 5.82 Å². The molecule has 2 aromatic carbocycles. The average molecular weight is 299 g/mol. The highest BCUT2D eigenvalue weighted by Gasteiger charge is 2.02. The minimum absolute atomic E-state index is 0.245. The van der Waals surface area contributed by atoms with Crippen molar-refractivity contribution in [3.05, 3.63) is 70.5 Å². The molecule has 0 saturated carbocycles. The Hall–Kier alpha value is -1.76. The lowest BCUT2D eigenvalue weighted by Gasteiger charge is -2.06. The quantitative estimate of drug-likeness (QED) is 0.867. The van der Waals surface area contributed by atoms with Crippen molar-refractivity contribution >= 4 is 11.8 Å². The van der Waals surface area contributed by atoms with Gasteiger partial charge in [0, 0.05) is 17.1 Å². The second-order valence-electron chi connectivity index (χ2n) is 4.77. The molecule has 0 aliphatic heterocycles. The molecule has 0 atom stereocenters. The van der Waals surface area contributed by atoms with E-state index in [1.165, 1.54) is 17.2 Å². The van der Waals surface area contributed by atoms with Crippen molar-refractivity contribution in [2.24, 2.45) is 5.73 Å². The van der Waals surface area contributed by atoms with Crippen LogP contribution in [0.4, 0.5) is 4.39 Å². The van der Waals surface area contributed by atoms with Gasteiger partial charge >= 0.3 is 0 Å². The summed E-state index contributed by atoms with van der Waals surface area (Å²) in [5.41, 5.74) is 9.59. The van der Waals surface area contributed by atoms with Gasteiger partial charge in [-0.15, -0.1) is 0 Å². The Kier molecular flexibility index (Phi) is 5.86. The first-order valence-corrected chi connectivity index (χ1v) is 7.95. The first kappa shape index (κ1) is 15.6. The van der Waals surface area contributed by atoms with Crippen molar-refractivity contribution in [2.75, 3.05) is 6.54 Å². The average Bonchev–Trinajstić information content (AvgIpc) is 2.47. The molecule has 0 radical (unpaired) electrons. The number of halogens is 1. The Bertz CT molecular complexity index is 670. The van der Waals surface area contributed by atoms with E-state index in [2.05, 4.69) is 30.9 Å². The van der Waals surface area contributed by atoms with Crippen molar-refractivity contribution in [3.8, 4) is 11.8 Å². The number of rotatable bonds is 4. The van der Waals surface area contributed by atoms with Crippen LogP contribution >= 0.6 is 11.8 Å². The van der Waals surface area contributed by atoms with E-state index in [9.17, 15) is 4.39 Å². The zero-order chi connectivity index (χ0) is 15.1. The molecule has 0 spiro atoms. The third-order valence-corrected chi connectivity index (χ3v) is 4.13. The maximum absolute atomic E-state index is 13.6. The molecule has 0 unspecified atom stereocenters. The van der Waals surface area contributed by atoms with Crippen molar-refractivity contribution in [3.63, 3.8) is 0 Å². The molecule has 0 bridgehead atoms. The van der Waals surface area contributed by atoms with Crippen LogP contribution in [-0.4, -0.2) is 6.54 Å². The lowest BCUT2D eigenvalue weighted by atomic mass is 10.1. The zero-order valence-electron chi connectivity index (χ0n) is 12.0. The van der Waals surface area contributed by atoms with Gasteiger partial charge in [-0.25, -0.2) is 4.39 Å². The highest BCUT2D eigenvalue weighted by atomic mass is 32.2. The smallest absolute Gasteiger partial charge is 0.124 e. The summed E-state index contributed by atoms with van der Waals surface area (Å²) in [7, 11) is 0. The lowest BCUT2D eigenvalue weighted by Crippen LogP contribution is -1.93. The topological polar surface area (TPSA) is 26.0 Å². The molecule has 0 heterocycles. The molecule has 2 aromatic rings. The van der Waals surface area contributed by atoms with Crippen molar-refractivity contribution in [1.82, 2.24) is 0 Å². The van der Waals surface area contributed by atoms with Crippen LogP contribution < -0.4 is 5.73 Å². The molecule has 0 amide bonds. The summed E-state index contributed by atoms with van der Waals surface area (Å²) >= 11 is 1.78. The molecule has 1 nitrogen and oxygen atoms in total. The standard InChI is InChI=1S/C18H18FNS/c1-14-5-2-3-7-17(14)13-21-12-16-9-15(6-4-8-20)10-18(19)11-16/h2-3,5,7,9-11H,8,12-13,20H2,1H3. The molecular weight excluding hydrogens is 281 g/mol. The van der Waals surface area contributed by atoms with Gasteiger partial charge in [-0.3, -0.25) is 0 Å². The highest BCUT2D eigenvalue weighted by Crippen LogP contribution is 2.21. The number of hydrogen-bond acceptors (Lipinski definition) is 2. The van der Waals surface area contributed by atoms with Crippen LogP contribution in [0.15, 0.2) is 42.5 Å². The maximum Gasteiger partial charge on any atom is 0.124 e. The molecule has 0 aromatic heterocycles. The Balaban J connectivity index is 2.00. The van der Waals surface area contributed by atoms with E-state index in [0.717, 1.165) is 17.1 Å². The first-order chi connectivity index (χ1) is 10.2. The van der Waals surface area contributed by atoms with E-state index in [4.69, 9.17) is 5.73 Å². The number of hydrogen-bond donors (Lipinski definition) is 1. The third kappa shape index (κ3) is 4.93. The second kappa shape index (κ2) is 7.87. The van der Waals surface area contributed by atoms with Gasteiger partial charge in [-0.05, 0) is 41.8 Å². The molecule has 0 aliphatic rings. The normalized spacial score (nSPS) is 10.0. The van der Waals surface area contributed by atoms with E-state index < -0.39 is 0 Å². The van der Waals surface area contributed by atoms with E-state index in [1.54, 1.807) is 17.8 Å². The fourth-order valence-corrected chi connectivity index (χ4v) is 3.06. The van der Waals surface area contributed by atoms with Gasteiger partial charge in [-0.1, -0.05) is 36.1 Å². The summed E-state index contributed by atoms with van der Waals surface area (Å²) in [5, 5.41) is 0. The SMILES string of the molecule is Cc1ccccc1CSCc1cc(F)cc(C#CCN)c1. The van der Waals surface area contributed by atoms with Crippen molar-refractivity contribution in [1.29, 1.82) is 0 Å². The number of benzene rings is 2. The summed E-state index contributed by atoms with van der Waals surface area (Å²) in [6.45, 7) is 2.40. The van der Waals surface area contributed by atoms with Crippen molar-refractivity contribution < 1.29 is 4.39 Å². The summed E-state index contributed by atoms with van der Waals surface area (Å²) in [5.74, 6) is 7.08. The Morgan fingerprint density at radius 2 is 1.95 bits per heavy atom. The number of nitrogens with two attached hydrogens (primary N) is 1. The molecule has 2 N–H and O–H groups in total. The van der Waals surface area contributed by atoms with Crippen LogP contribution in [-0.2, 0) is 11.5 Å². The summed E-state index contributed by atoms with van der Waals surface area (Å²) in [6, 6.07) is 13.3. The van der Waals surface area contributed by atoms with Gasteiger partial charge in [-0.2, -0.15) is 11.8 Å². The van der Waals surface area contributed by atoms with E-state index >= 15 is 0 Å². The van der Waals surface area contributed by atoms with Crippen LogP contribution in [0.2, 0.25) is 0 Å². The van der Waals surface area contributed by atoms with Gasteiger partial charge in [0.15, 0.2) is 0 Å². The highest BCUT2D eigenvalue weighted by molar-refractivity contribution is 7.97. The van der Waals surface area contributed by atoms with Gasteiger partial charge in [0.2, 0.25) is 0 Å².